The molecule has 0 spiro atoms. The molecular formula is C9H18N2O2. The van der Waals surface area contributed by atoms with Crippen molar-refractivity contribution in [3.8, 4) is 0 Å². The molecule has 0 saturated carbocycles. The summed E-state index contributed by atoms with van der Waals surface area (Å²) in [7, 11) is 0. The van der Waals surface area contributed by atoms with Crippen LogP contribution >= 0.6 is 0 Å². The summed E-state index contributed by atoms with van der Waals surface area (Å²) in [4.78, 5) is 11.4. The van der Waals surface area contributed by atoms with E-state index in [4.69, 9.17) is 10.5 Å². The maximum absolute atomic E-state index is 11.4. The van der Waals surface area contributed by atoms with E-state index in [1.807, 2.05) is 6.92 Å². The minimum Gasteiger partial charge on any atom is -0.379 e. The van der Waals surface area contributed by atoms with Crippen molar-refractivity contribution in [1.82, 2.24) is 5.32 Å². The minimum atomic E-state index is -0.373. The fourth-order valence-corrected chi connectivity index (χ4v) is 1.35. The molecule has 1 aliphatic heterocycles. The van der Waals surface area contributed by atoms with Gasteiger partial charge in [-0.05, 0) is 19.3 Å². The molecular weight excluding hydrogens is 168 g/mol. The molecule has 0 aromatic heterocycles. The van der Waals surface area contributed by atoms with E-state index >= 15 is 0 Å². The van der Waals surface area contributed by atoms with Crippen molar-refractivity contribution in [2.45, 2.75) is 38.3 Å². The second-order valence-corrected chi connectivity index (χ2v) is 3.44. The molecule has 0 unspecified atom stereocenters. The Morgan fingerprint density at radius 3 is 3.08 bits per heavy atom. The zero-order valence-electron chi connectivity index (χ0n) is 8.08. The van der Waals surface area contributed by atoms with Gasteiger partial charge in [0.25, 0.3) is 0 Å². The lowest BCUT2D eigenvalue weighted by molar-refractivity contribution is -0.124. The maximum Gasteiger partial charge on any atom is 0.237 e. The van der Waals surface area contributed by atoms with Crippen LogP contribution in [0.5, 0.6) is 0 Å². The molecule has 1 rings (SSSR count). The number of nitrogens with one attached hydrogen (secondary N) is 1. The molecule has 0 aromatic rings. The monoisotopic (exact) mass is 186 g/mol. The maximum atomic E-state index is 11.4. The van der Waals surface area contributed by atoms with Gasteiger partial charge >= 0.3 is 0 Å². The molecule has 2 atom stereocenters. The smallest absolute Gasteiger partial charge is 0.237 e. The first-order chi connectivity index (χ1) is 6.24. The third-order valence-corrected chi connectivity index (χ3v) is 2.28. The van der Waals surface area contributed by atoms with E-state index in [0.717, 1.165) is 19.4 Å². The highest BCUT2D eigenvalue weighted by Gasteiger charge is 2.18. The lowest BCUT2D eigenvalue weighted by atomic mass is 10.1. The largest absolute Gasteiger partial charge is 0.379 e. The number of rotatable bonds is 3. The van der Waals surface area contributed by atoms with Crippen molar-refractivity contribution < 1.29 is 9.53 Å². The molecule has 1 saturated heterocycles. The molecule has 3 N–H and O–H groups in total. The zero-order valence-corrected chi connectivity index (χ0v) is 8.08. The third-order valence-electron chi connectivity index (χ3n) is 2.28. The standard InChI is InChI=1S/C9H18N2O2/c1-2-8(10)9(12)11-7-4-3-5-13-6-7/h7-8H,2-6,10H2,1H3,(H,11,12)/t7-,8+/m0/s1. The number of amides is 1. The molecule has 76 valence electrons. The van der Waals surface area contributed by atoms with E-state index in [-0.39, 0.29) is 18.0 Å². The van der Waals surface area contributed by atoms with Gasteiger partial charge in [-0.15, -0.1) is 0 Å². The lowest BCUT2D eigenvalue weighted by Gasteiger charge is -2.24. The van der Waals surface area contributed by atoms with Crippen LogP contribution in [0.4, 0.5) is 0 Å². The summed E-state index contributed by atoms with van der Waals surface area (Å²) in [5.41, 5.74) is 5.58. The molecule has 4 nitrogen and oxygen atoms in total. The van der Waals surface area contributed by atoms with Gasteiger partial charge in [0, 0.05) is 6.61 Å². The van der Waals surface area contributed by atoms with Crippen LogP contribution in [0.15, 0.2) is 0 Å². The Morgan fingerprint density at radius 1 is 1.77 bits per heavy atom. The predicted molar refractivity (Wildman–Crippen MR) is 50.3 cm³/mol. The number of hydrogen-bond donors (Lipinski definition) is 2. The quantitative estimate of drug-likeness (QED) is 0.653. The molecule has 4 heteroatoms. The summed E-state index contributed by atoms with van der Waals surface area (Å²) in [5, 5.41) is 2.88. The molecule has 0 aromatic carbocycles. The van der Waals surface area contributed by atoms with Gasteiger partial charge in [0.05, 0.1) is 18.7 Å². The van der Waals surface area contributed by atoms with Crippen LogP contribution in [0.25, 0.3) is 0 Å². The first-order valence-electron chi connectivity index (χ1n) is 4.87. The van der Waals surface area contributed by atoms with Crippen LogP contribution in [0.1, 0.15) is 26.2 Å². The van der Waals surface area contributed by atoms with Crippen molar-refractivity contribution in [2.24, 2.45) is 5.73 Å². The van der Waals surface area contributed by atoms with Gasteiger partial charge in [-0.1, -0.05) is 6.92 Å². The number of carbonyl (C=O) groups is 1. The second kappa shape index (κ2) is 5.19. The lowest BCUT2D eigenvalue weighted by Crippen LogP contribution is -2.47. The van der Waals surface area contributed by atoms with Crippen molar-refractivity contribution in [2.75, 3.05) is 13.2 Å². The Balaban J connectivity index is 2.26. The molecule has 1 fully saturated rings. The van der Waals surface area contributed by atoms with Crippen LogP contribution in [0.3, 0.4) is 0 Å². The minimum absolute atomic E-state index is 0.0574. The Kier molecular flexibility index (Phi) is 4.18. The zero-order chi connectivity index (χ0) is 9.68. The molecule has 0 radical (unpaired) electrons. The number of nitrogens with two attached hydrogens (primary N) is 1. The predicted octanol–water partition coefficient (Wildman–Crippen LogP) is 0.0189. The number of carbonyl (C=O) groups excluding carboxylic acids is 1. The van der Waals surface area contributed by atoms with Crippen molar-refractivity contribution in [1.29, 1.82) is 0 Å². The molecule has 0 aliphatic carbocycles. The third kappa shape index (κ3) is 3.32. The molecule has 1 heterocycles. The molecule has 0 bridgehead atoms. The Bertz CT molecular complexity index is 167. The highest BCUT2D eigenvalue weighted by atomic mass is 16.5. The van der Waals surface area contributed by atoms with Gasteiger partial charge in [-0.3, -0.25) is 4.79 Å². The highest BCUT2D eigenvalue weighted by Crippen LogP contribution is 2.05. The van der Waals surface area contributed by atoms with Crippen LogP contribution in [0.2, 0.25) is 0 Å². The van der Waals surface area contributed by atoms with E-state index in [0.29, 0.717) is 13.0 Å². The Morgan fingerprint density at radius 2 is 2.54 bits per heavy atom. The van der Waals surface area contributed by atoms with Gasteiger partial charge in [0.1, 0.15) is 0 Å². The summed E-state index contributed by atoms with van der Waals surface area (Å²) in [6.07, 6.45) is 2.70. The summed E-state index contributed by atoms with van der Waals surface area (Å²) < 4.78 is 5.24. The Hall–Kier alpha value is -0.610. The summed E-state index contributed by atoms with van der Waals surface area (Å²) in [6.45, 7) is 3.34. The molecule has 1 aliphatic rings. The topological polar surface area (TPSA) is 64.4 Å². The number of ether oxygens (including phenoxy) is 1. The van der Waals surface area contributed by atoms with E-state index in [1.54, 1.807) is 0 Å². The number of hydrogen-bond acceptors (Lipinski definition) is 3. The fraction of sp³-hybridized carbons (Fsp3) is 0.889. The second-order valence-electron chi connectivity index (χ2n) is 3.44. The van der Waals surface area contributed by atoms with Crippen LogP contribution in [-0.2, 0) is 9.53 Å². The van der Waals surface area contributed by atoms with Crippen molar-refractivity contribution >= 4 is 5.91 Å². The van der Waals surface area contributed by atoms with E-state index in [9.17, 15) is 4.79 Å². The van der Waals surface area contributed by atoms with E-state index in [1.165, 1.54) is 0 Å². The highest BCUT2D eigenvalue weighted by molar-refractivity contribution is 5.81. The summed E-state index contributed by atoms with van der Waals surface area (Å²) in [5.74, 6) is -0.0574. The first kappa shape index (κ1) is 10.5. The molecule has 1 amide bonds. The van der Waals surface area contributed by atoms with Crippen LogP contribution in [-0.4, -0.2) is 31.2 Å². The van der Waals surface area contributed by atoms with Crippen molar-refractivity contribution in [3.63, 3.8) is 0 Å². The fourth-order valence-electron chi connectivity index (χ4n) is 1.35. The Labute approximate surface area is 78.8 Å². The van der Waals surface area contributed by atoms with E-state index < -0.39 is 0 Å². The summed E-state index contributed by atoms with van der Waals surface area (Å²) >= 11 is 0. The summed E-state index contributed by atoms with van der Waals surface area (Å²) in [6, 6.07) is -0.208. The van der Waals surface area contributed by atoms with Gasteiger partial charge in [0.15, 0.2) is 0 Å². The average molecular weight is 186 g/mol. The SMILES string of the molecule is CC[C@@H](N)C(=O)N[C@H]1CCCOC1. The van der Waals surface area contributed by atoms with Crippen molar-refractivity contribution in [3.05, 3.63) is 0 Å². The van der Waals surface area contributed by atoms with Crippen LogP contribution in [0, 0.1) is 0 Å². The van der Waals surface area contributed by atoms with Gasteiger partial charge in [-0.25, -0.2) is 0 Å². The van der Waals surface area contributed by atoms with Gasteiger partial charge in [-0.2, -0.15) is 0 Å². The van der Waals surface area contributed by atoms with Crippen LogP contribution < -0.4 is 11.1 Å². The average Bonchev–Trinajstić information content (AvgIpc) is 2.18. The van der Waals surface area contributed by atoms with Gasteiger partial charge < -0.3 is 15.8 Å². The van der Waals surface area contributed by atoms with E-state index in [2.05, 4.69) is 5.32 Å². The van der Waals surface area contributed by atoms with Gasteiger partial charge in [0.2, 0.25) is 5.91 Å². The normalized spacial score (nSPS) is 25.2. The molecule has 13 heavy (non-hydrogen) atoms. The first-order valence-corrected chi connectivity index (χ1v) is 4.87.